The van der Waals surface area contributed by atoms with Crippen molar-refractivity contribution in [2.45, 2.75) is 19.4 Å². The summed E-state index contributed by atoms with van der Waals surface area (Å²) in [7, 11) is 1.82. The molecule has 0 saturated carbocycles. The molecule has 116 valence electrons. The summed E-state index contributed by atoms with van der Waals surface area (Å²) in [5, 5.41) is 0. The van der Waals surface area contributed by atoms with Crippen LogP contribution in [0.15, 0.2) is 41.3 Å². The van der Waals surface area contributed by atoms with E-state index in [1.54, 1.807) is 29.6 Å². The molecule has 0 N–H and O–H groups in total. The summed E-state index contributed by atoms with van der Waals surface area (Å²) in [6, 6.07) is 5.52. The van der Waals surface area contributed by atoms with Crippen molar-refractivity contribution in [3.63, 3.8) is 0 Å². The van der Waals surface area contributed by atoms with Crippen molar-refractivity contribution < 1.29 is 9.21 Å². The number of amides is 1. The first-order valence-corrected chi connectivity index (χ1v) is 7.53. The summed E-state index contributed by atoms with van der Waals surface area (Å²) in [4.78, 5) is 25.0. The van der Waals surface area contributed by atoms with Gasteiger partial charge in [0.2, 0.25) is 11.9 Å². The molecule has 2 aromatic heterocycles. The molecule has 22 heavy (non-hydrogen) atoms. The second-order valence-electron chi connectivity index (χ2n) is 5.61. The summed E-state index contributed by atoms with van der Waals surface area (Å²) in [6.45, 7) is 2.07. The van der Waals surface area contributed by atoms with Gasteiger partial charge in [0.25, 0.3) is 0 Å². The first kappa shape index (κ1) is 14.6. The summed E-state index contributed by atoms with van der Waals surface area (Å²) in [5.41, 5.74) is 0. The third-order valence-electron chi connectivity index (χ3n) is 3.95. The van der Waals surface area contributed by atoms with Crippen molar-refractivity contribution in [2.24, 2.45) is 5.92 Å². The number of anilines is 1. The van der Waals surface area contributed by atoms with E-state index in [1.807, 2.05) is 19.2 Å². The molecule has 1 saturated heterocycles. The van der Waals surface area contributed by atoms with Crippen LogP contribution in [0.5, 0.6) is 0 Å². The maximum atomic E-state index is 12.6. The number of carbonyl (C=O) groups excluding carboxylic acids is 1. The predicted octanol–water partition coefficient (Wildman–Crippen LogP) is 1.94. The SMILES string of the molecule is CN(Cc1ccco1)C(=O)C1CCCN(c2ncccn2)C1. The molecule has 1 aliphatic rings. The molecule has 1 unspecified atom stereocenters. The van der Waals surface area contributed by atoms with Crippen molar-refractivity contribution in [1.29, 1.82) is 0 Å². The molecular weight excluding hydrogens is 280 g/mol. The van der Waals surface area contributed by atoms with Gasteiger partial charge in [0.15, 0.2) is 0 Å². The quantitative estimate of drug-likeness (QED) is 0.863. The van der Waals surface area contributed by atoms with E-state index < -0.39 is 0 Å². The first-order chi connectivity index (χ1) is 10.7. The summed E-state index contributed by atoms with van der Waals surface area (Å²) >= 11 is 0. The number of aromatic nitrogens is 2. The Bertz CT molecular complexity index is 600. The number of nitrogens with zero attached hydrogens (tertiary/aromatic N) is 4. The van der Waals surface area contributed by atoms with Gasteiger partial charge in [-0.15, -0.1) is 0 Å². The minimum atomic E-state index is -0.0162. The standard InChI is InChI=1S/C16H20N4O2/c1-19(12-14-6-3-10-22-14)15(21)13-5-2-9-20(11-13)16-17-7-4-8-18-16/h3-4,6-8,10,13H,2,5,9,11-12H2,1H3. The highest BCUT2D eigenvalue weighted by atomic mass is 16.3. The van der Waals surface area contributed by atoms with Crippen LogP contribution in [-0.4, -0.2) is 40.9 Å². The van der Waals surface area contributed by atoms with E-state index in [9.17, 15) is 4.79 Å². The summed E-state index contributed by atoms with van der Waals surface area (Å²) in [6.07, 6.45) is 6.98. The van der Waals surface area contributed by atoms with Crippen LogP contribution in [0.25, 0.3) is 0 Å². The Balaban J connectivity index is 1.62. The molecule has 3 heterocycles. The maximum absolute atomic E-state index is 12.6. The van der Waals surface area contributed by atoms with Crippen LogP contribution in [0.4, 0.5) is 5.95 Å². The normalized spacial score (nSPS) is 18.2. The zero-order chi connectivity index (χ0) is 15.4. The summed E-state index contributed by atoms with van der Waals surface area (Å²) < 4.78 is 5.31. The molecule has 1 atom stereocenters. The Morgan fingerprint density at radius 2 is 2.23 bits per heavy atom. The minimum Gasteiger partial charge on any atom is -0.467 e. The van der Waals surface area contributed by atoms with E-state index in [0.29, 0.717) is 19.0 Å². The zero-order valence-corrected chi connectivity index (χ0v) is 12.7. The average molecular weight is 300 g/mol. The van der Waals surface area contributed by atoms with Gasteiger partial charge in [-0.3, -0.25) is 4.79 Å². The molecule has 1 fully saturated rings. The topological polar surface area (TPSA) is 62.5 Å². The van der Waals surface area contributed by atoms with Gasteiger partial charge in [-0.1, -0.05) is 0 Å². The minimum absolute atomic E-state index is 0.0162. The largest absolute Gasteiger partial charge is 0.467 e. The molecule has 1 aliphatic heterocycles. The van der Waals surface area contributed by atoms with Gasteiger partial charge in [-0.25, -0.2) is 9.97 Å². The lowest BCUT2D eigenvalue weighted by Gasteiger charge is -2.33. The van der Waals surface area contributed by atoms with Gasteiger partial charge < -0.3 is 14.2 Å². The molecule has 6 nitrogen and oxygen atoms in total. The molecule has 3 rings (SSSR count). The van der Waals surface area contributed by atoms with Crippen molar-refractivity contribution in [3.8, 4) is 0 Å². The third-order valence-corrected chi connectivity index (χ3v) is 3.95. The lowest BCUT2D eigenvalue weighted by atomic mass is 9.97. The highest BCUT2D eigenvalue weighted by molar-refractivity contribution is 5.79. The van der Waals surface area contributed by atoms with E-state index in [1.165, 1.54) is 0 Å². The molecule has 1 amide bonds. The van der Waals surface area contributed by atoms with Crippen LogP contribution in [0.2, 0.25) is 0 Å². The number of carbonyl (C=O) groups is 1. The Labute approximate surface area is 129 Å². The van der Waals surface area contributed by atoms with Crippen LogP contribution < -0.4 is 4.90 Å². The third kappa shape index (κ3) is 3.27. The van der Waals surface area contributed by atoms with E-state index in [2.05, 4.69) is 14.9 Å². The van der Waals surface area contributed by atoms with Crippen molar-refractivity contribution >= 4 is 11.9 Å². The lowest BCUT2D eigenvalue weighted by molar-refractivity contribution is -0.135. The number of hydrogen-bond donors (Lipinski definition) is 0. The van der Waals surface area contributed by atoms with Crippen LogP contribution in [-0.2, 0) is 11.3 Å². The fourth-order valence-electron chi connectivity index (χ4n) is 2.84. The number of hydrogen-bond acceptors (Lipinski definition) is 5. The number of rotatable bonds is 4. The van der Waals surface area contributed by atoms with Crippen LogP contribution in [0.3, 0.4) is 0 Å². The molecular formula is C16H20N4O2. The van der Waals surface area contributed by atoms with Crippen LogP contribution >= 0.6 is 0 Å². The first-order valence-electron chi connectivity index (χ1n) is 7.53. The molecule has 0 aliphatic carbocycles. The van der Waals surface area contributed by atoms with Gasteiger partial charge in [0.1, 0.15) is 5.76 Å². The predicted molar refractivity (Wildman–Crippen MR) is 82.2 cm³/mol. The molecule has 0 bridgehead atoms. The Hall–Kier alpha value is -2.37. The van der Waals surface area contributed by atoms with Gasteiger partial charge >= 0.3 is 0 Å². The molecule has 0 aromatic carbocycles. The second-order valence-corrected chi connectivity index (χ2v) is 5.61. The summed E-state index contributed by atoms with van der Waals surface area (Å²) in [5.74, 6) is 1.64. The monoisotopic (exact) mass is 300 g/mol. The smallest absolute Gasteiger partial charge is 0.227 e. The van der Waals surface area contributed by atoms with E-state index in [-0.39, 0.29) is 11.8 Å². The van der Waals surface area contributed by atoms with E-state index >= 15 is 0 Å². The van der Waals surface area contributed by atoms with Crippen molar-refractivity contribution in [2.75, 3.05) is 25.0 Å². The number of piperidine rings is 1. The highest BCUT2D eigenvalue weighted by Gasteiger charge is 2.29. The maximum Gasteiger partial charge on any atom is 0.227 e. The fourth-order valence-corrected chi connectivity index (χ4v) is 2.84. The van der Waals surface area contributed by atoms with E-state index in [0.717, 1.165) is 25.1 Å². The number of furan rings is 1. The lowest BCUT2D eigenvalue weighted by Crippen LogP contribution is -2.44. The Morgan fingerprint density at radius 1 is 1.41 bits per heavy atom. The fraction of sp³-hybridized carbons (Fsp3) is 0.438. The van der Waals surface area contributed by atoms with Gasteiger partial charge in [0.05, 0.1) is 18.7 Å². The average Bonchev–Trinajstić information content (AvgIpc) is 3.08. The molecule has 2 aromatic rings. The molecule has 6 heteroatoms. The van der Waals surface area contributed by atoms with Crippen LogP contribution in [0, 0.1) is 5.92 Å². The van der Waals surface area contributed by atoms with Crippen molar-refractivity contribution in [1.82, 2.24) is 14.9 Å². The molecule has 0 spiro atoms. The highest BCUT2D eigenvalue weighted by Crippen LogP contribution is 2.22. The molecule has 0 radical (unpaired) electrons. The van der Waals surface area contributed by atoms with Gasteiger partial charge in [-0.05, 0) is 31.0 Å². The zero-order valence-electron chi connectivity index (χ0n) is 12.7. The van der Waals surface area contributed by atoms with Gasteiger partial charge in [-0.2, -0.15) is 0 Å². The van der Waals surface area contributed by atoms with Gasteiger partial charge in [0, 0.05) is 32.5 Å². The Kier molecular flexibility index (Phi) is 4.37. The Morgan fingerprint density at radius 3 is 2.95 bits per heavy atom. The van der Waals surface area contributed by atoms with Crippen LogP contribution in [0.1, 0.15) is 18.6 Å². The second kappa shape index (κ2) is 6.60. The van der Waals surface area contributed by atoms with Crippen molar-refractivity contribution in [3.05, 3.63) is 42.6 Å². The van der Waals surface area contributed by atoms with E-state index in [4.69, 9.17) is 4.42 Å².